The summed E-state index contributed by atoms with van der Waals surface area (Å²) in [5, 5.41) is 9.42. The first-order chi connectivity index (χ1) is 13.7. The molecule has 6 nitrogen and oxygen atoms in total. The van der Waals surface area contributed by atoms with Gasteiger partial charge in [-0.15, -0.1) is 0 Å². The average Bonchev–Trinajstić information content (AvgIpc) is 2.66. The van der Waals surface area contributed by atoms with Gasteiger partial charge in [-0.25, -0.2) is 4.98 Å². The lowest BCUT2D eigenvalue weighted by Crippen LogP contribution is -2.07. The van der Waals surface area contributed by atoms with Gasteiger partial charge in [0.1, 0.15) is 29.8 Å². The number of nitrogen functional groups attached to an aromatic ring is 2. The van der Waals surface area contributed by atoms with E-state index in [0.717, 1.165) is 12.1 Å². The molecule has 0 saturated heterocycles. The molecule has 1 heterocycles. The van der Waals surface area contributed by atoms with Gasteiger partial charge in [0, 0.05) is 10.0 Å². The van der Waals surface area contributed by atoms with Crippen molar-refractivity contribution in [2.75, 3.05) is 11.5 Å². The standard InChI is InChI=1S/C19H13BrF3N5O/c20-12-4-5-15(29-9-10-2-1-3-11(6-10)19(21,22)23)13(7-12)16-14(8-24)17(25)28-18(26)27-16/h1-7H,9H2,(H4,25,26,27,28). The number of nitrogens with zero attached hydrogens (tertiary/aromatic N) is 3. The summed E-state index contributed by atoms with van der Waals surface area (Å²) in [6, 6.07) is 11.7. The molecule has 0 fully saturated rings. The maximum absolute atomic E-state index is 12.9. The Morgan fingerprint density at radius 1 is 1.10 bits per heavy atom. The third kappa shape index (κ3) is 4.57. The first kappa shape index (κ1) is 20.4. The largest absolute Gasteiger partial charge is 0.488 e. The van der Waals surface area contributed by atoms with E-state index in [2.05, 4.69) is 25.9 Å². The van der Waals surface area contributed by atoms with Gasteiger partial charge in [-0.3, -0.25) is 0 Å². The molecule has 2 aromatic carbocycles. The molecule has 0 bridgehead atoms. The fraction of sp³-hybridized carbons (Fsp3) is 0.105. The minimum atomic E-state index is -4.45. The second-order valence-corrected chi connectivity index (χ2v) is 6.85. The molecule has 0 saturated carbocycles. The van der Waals surface area contributed by atoms with Crippen molar-refractivity contribution in [3.05, 3.63) is 63.6 Å². The highest BCUT2D eigenvalue weighted by Gasteiger charge is 2.30. The van der Waals surface area contributed by atoms with Crippen molar-refractivity contribution in [2.45, 2.75) is 12.8 Å². The number of alkyl halides is 3. The Balaban J connectivity index is 1.99. The number of hydrogen-bond acceptors (Lipinski definition) is 6. The Morgan fingerprint density at radius 2 is 1.86 bits per heavy atom. The van der Waals surface area contributed by atoms with Crippen molar-refractivity contribution in [1.29, 1.82) is 5.26 Å². The van der Waals surface area contributed by atoms with Gasteiger partial charge in [0.25, 0.3) is 0 Å². The lowest BCUT2D eigenvalue weighted by atomic mass is 10.1. The van der Waals surface area contributed by atoms with Gasteiger partial charge in [-0.2, -0.15) is 23.4 Å². The normalized spacial score (nSPS) is 11.1. The van der Waals surface area contributed by atoms with Crippen molar-refractivity contribution in [3.63, 3.8) is 0 Å². The molecule has 148 valence electrons. The zero-order valence-electron chi connectivity index (χ0n) is 14.7. The van der Waals surface area contributed by atoms with Crippen LogP contribution in [0.25, 0.3) is 11.3 Å². The summed E-state index contributed by atoms with van der Waals surface area (Å²) in [5.74, 6) is 0.0821. The molecular formula is C19H13BrF3N5O. The molecule has 0 atom stereocenters. The summed E-state index contributed by atoms with van der Waals surface area (Å²) >= 11 is 3.34. The molecule has 0 aliphatic heterocycles. The van der Waals surface area contributed by atoms with Crippen molar-refractivity contribution >= 4 is 27.7 Å². The fourth-order valence-electron chi connectivity index (χ4n) is 2.61. The molecule has 3 rings (SSSR count). The highest BCUT2D eigenvalue weighted by Crippen LogP contribution is 2.36. The van der Waals surface area contributed by atoms with Crippen LogP contribution >= 0.6 is 15.9 Å². The summed E-state index contributed by atoms with van der Waals surface area (Å²) in [4.78, 5) is 7.86. The van der Waals surface area contributed by atoms with E-state index in [1.807, 2.05) is 6.07 Å². The number of hydrogen-bond donors (Lipinski definition) is 2. The molecule has 0 radical (unpaired) electrons. The summed E-state index contributed by atoms with van der Waals surface area (Å²) in [5.41, 5.74) is 11.6. The molecule has 29 heavy (non-hydrogen) atoms. The summed E-state index contributed by atoms with van der Waals surface area (Å²) < 4.78 is 45.1. The lowest BCUT2D eigenvalue weighted by molar-refractivity contribution is -0.137. The van der Waals surface area contributed by atoms with Gasteiger partial charge in [0.15, 0.2) is 0 Å². The molecule has 0 unspecified atom stereocenters. The Morgan fingerprint density at radius 3 is 2.55 bits per heavy atom. The molecule has 0 aliphatic rings. The second-order valence-electron chi connectivity index (χ2n) is 5.93. The minimum absolute atomic E-state index is 0.0150. The average molecular weight is 464 g/mol. The van der Waals surface area contributed by atoms with Gasteiger partial charge in [0.05, 0.1) is 11.3 Å². The molecule has 3 aromatic rings. The third-order valence-corrected chi connectivity index (χ3v) is 4.40. The van der Waals surface area contributed by atoms with Gasteiger partial charge >= 0.3 is 6.18 Å². The molecular weight excluding hydrogens is 451 g/mol. The summed E-state index contributed by atoms with van der Waals surface area (Å²) in [7, 11) is 0. The number of ether oxygens (including phenoxy) is 1. The van der Waals surface area contributed by atoms with Gasteiger partial charge in [-0.1, -0.05) is 28.1 Å². The van der Waals surface area contributed by atoms with E-state index >= 15 is 0 Å². The molecule has 0 aliphatic carbocycles. The van der Waals surface area contributed by atoms with E-state index in [-0.39, 0.29) is 29.6 Å². The van der Waals surface area contributed by atoms with Gasteiger partial charge in [-0.05, 0) is 35.9 Å². The van der Waals surface area contributed by atoms with Crippen LogP contribution < -0.4 is 16.2 Å². The second kappa shape index (κ2) is 7.97. The number of halogens is 4. The maximum Gasteiger partial charge on any atom is 0.416 e. The zero-order chi connectivity index (χ0) is 21.2. The molecule has 0 amide bonds. The van der Waals surface area contributed by atoms with E-state index in [9.17, 15) is 18.4 Å². The minimum Gasteiger partial charge on any atom is -0.488 e. The van der Waals surface area contributed by atoms with Crippen LogP contribution in [0.5, 0.6) is 5.75 Å². The van der Waals surface area contributed by atoms with Crippen LogP contribution in [0.4, 0.5) is 24.9 Å². The summed E-state index contributed by atoms with van der Waals surface area (Å²) in [6.07, 6.45) is -4.45. The van der Waals surface area contributed by atoms with Crippen LogP contribution in [0.3, 0.4) is 0 Å². The van der Waals surface area contributed by atoms with Crippen molar-refractivity contribution in [1.82, 2.24) is 9.97 Å². The molecule has 0 spiro atoms. The number of rotatable bonds is 4. The highest BCUT2D eigenvalue weighted by atomic mass is 79.9. The van der Waals surface area contributed by atoms with Crippen LogP contribution in [0.1, 0.15) is 16.7 Å². The first-order valence-electron chi connectivity index (χ1n) is 8.11. The predicted octanol–water partition coefficient (Wildman–Crippen LogP) is 4.54. The van der Waals surface area contributed by atoms with Crippen LogP contribution in [0.2, 0.25) is 0 Å². The van der Waals surface area contributed by atoms with Gasteiger partial charge < -0.3 is 16.2 Å². The zero-order valence-corrected chi connectivity index (χ0v) is 16.3. The third-order valence-electron chi connectivity index (χ3n) is 3.91. The fourth-order valence-corrected chi connectivity index (χ4v) is 2.97. The number of aromatic nitrogens is 2. The van der Waals surface area contributed by atoms with Crippen molar-refractivity contribution in [2.24, 2.45) is 0 Å². The molecule has 10 heteroatoms. The van der Waals surface area contributed by atoms with Crippen molar-refractivity contribution in [3.8, 4) is 23.1 Å². The number of benzene rings is 2. The van der Waals surface area contributed by atoms with Crippen molar-refractivity contribution < 1.29 is 17.9 Å². The van der Waals surface area contributed by atoms with E-state index in [1.165, 1.54) is 12.1 Å². The molecule has 4 N–H and O–H groups in total. The monoisotopic (exact) mass is 463 g/mol. The lowest BCUT2D eigenvalue weighted by Gasteiger charge is -2.14. The Labute approximate surface area is 172 Å². The van der Waals surface area contributed by atoms with E-state index in [1.54, 1.807) is 18.2 Å². The van der Waals surface area contributed by atoms with E-state index < -0.39 is 11.7 Å². The van der Waals surface area contributed by atoms with Crippen LogP contribution in [-0.4, -0.2) is 9.97 Å². The Bertz CT molecular complexity index is 1110. The first-order valence-corrected chi connectivity index (χ1v) is 8.90. The quantitative estimate of drug-likeness (QED) is 0.587. The highest BCUT2D eigenvalue weighted by molar-refractivity contribution is 9.10. The SMILES string of the molecule is N#Cc1c(N)nc(N)nc1-c1cc(Br)ccc1OCc1cccc(C(F)(F)F)c1. The van der Waals surface area contributed by atoms with Crippen LogP contribution in [-0.2, 0) is 12.8 Å². The Hall–Kier alpha value is -3.32. The van der Waals surface area contributed by atoms with Gasteiger partial charge in [0.2, 0.25) is 5.95 Å². The van der Waals surface area contributed by atoms with E-state index in [0.29, 0.717) is 21.3 Å². The molecule has 1 aromatic heterocycles. The van der Waals surface area contributed by atoms with Crippen LogP contribution in [0, 0.1) is 11.3 Å². The predicted molar refractivity (Wildman–Crippen MR) is 104 cm³/mol. The maximum atomic E-state index is 12.9. The Kier molecular flexibility index (Phi) is 5.61. The smallest absolute Gasteiger partial charge is 0.416 e. The van der Waals surface area contributed by atoms with E-state index in [4.69, 9.17) is 16.2 Å². The van der Waals surface area contributed by atoms with Crippen LogP contribution in [0.15, 0.2) is 46.9 Å². The number of anilines is 2. The number of nitriles is 1. The topological polar surface area (TPSA) is 111 Å². The summed E-state index contributed by atoms with van der Waals surface area (Å²) in [6.45, 7) is -0.128. The number of nitrogens with two attached hydrogens (primary N) is 2.